The monoisotopic (exact) mass is 501 g/mol. The third kappa shape index (κ3) is 4.99. The Bertz CT molecular complexity index is 1340. The molecule has 36 heavy (non-hydrogen) atoms. The van der Waals surface area contributed by atoms with Gasteiger partial charge >= 0.3 is 0 Å². The van der Waals surface area contributed by atoms with Crippen molar-refractivity contribution in [2.45, 2.75) is 51.5 Å². The fraction of sp³-hybridized carbons (Fsp3) is 0.286. The zero-order valence-corrected chi connectivity index (χ0v) is 20.9. The maximum atomic E-state index is 13.6. The molecule has 2 fully saturated rings. The first-order valence-electron chi connectivity index (χ1n) is 12.3. The summed E-state index contributed by atoms with van der Waals surface area (Å²) in [7, 11) is 0. The van der Waals surface area contributed by atoms with Crippen LogP contribution in [0.5, 0.6) is 0 Å². The minimum atomic E-state index is -0.430. The first-order valence-corrected chi connectivity index (χ1v) is 13.1. The molecule has 3 aromatic rings. The number of benzene rings is 2. The maximum absolute atomic E-state index is 13.6. The van der Waals surface area contributed by atoms with E-state index in [9.17, 15) is 14.9 Å². The molecule has 5 rings (SSSR count). The van der Waals surface area contributed by atoms with E-state index in [0.717, 1.165) is 54.1 Å². The normalized spacial score (nSPS) is 18.9. The van der Waals surface area contributed by atoms with Gasteiger partial charge in [0.2, 0.25) is 0 Å². The number of carbonyl (C=O) groups excluding carboxylic acids is 1. The second-order valence-electron chi connectivity index (χ2n) is 8.96. The Hall–Kier alpha value is -3.65. The van der Waals surface area contributed by atoms with Crippen molar-refractivity contribution in [3.8, 4) is 11.3 Å². The number of rotatable bonds is 6. The van der Waals surface area contributed by atoms with Crippen molar-refractivity contribution < 1.29 is 14.1 Å². The minimum Gasteiger partial charge on any atom is -0.457 e. The largest absolute Gasteiger partial charge is 0.457 e. The van der Waals surface area contributed by atoms with Crippen molar-refractivity contribution in [2.24, 2.45) is 4.99 Å². The fourth-order valence-electron chi connectivity index (χ4n) is 4.71. The number of hydrogen-bond acceptors (Lipinski definition) is 6. The van der Waals surface area contributed by atoms with Crippen molar-refractivity contribution >= 4 is 40.3 Å². The van der Waals surface area contributed by atoms with Crippen LogP contribution in [0.2, 0.25) is 0 Å². The second kappa shape index (κ2) is 10.5. The highest BCUT2D eigenvalue weighted by Gasteiger charge is 2.39. The number of amides is 1. The molecule has 1 saturated carbocycles. The Morgan fingerprint density at radius 1 is 1.08 bits per heavy atom. The topological polar surface area (TPSA) is 89.0 Å². The SMILES string of the molecule is CCc1ccccc1N=C1S/C(=C/c2ccc(-c3ccc([N+](=O)[O-])cc3)o2)C(=O)N1C1CCCCC1. The van der Waals surface area contributed by atoms with Gasteiger partial charge in [-0.3, -0.25) is 19.8 Å². The molecule has 1 amide bonds. The van der Waals surface area contributed by atoms with Crippen LogP contribution in [0.4, 0.5) is 11.4 Å². The number of para-hydroxylation sites is 1. The summed E-state index contributed by atoms with van der Waals surface area (Å²) >= 11 is 1.39. The molecular formula is C28H27N3O4S. The molecule has 1 aliphatic carbocycles. The number of aliphatic imine (C=N–C) groups is 1. The van der Waals surface area contributed by atoms with Crippen LogP contribution >= 0.6 is 11.8 Å². The second-order valence-corrected chi connectivity index (χ2v) is 9.97. The van der Waals surface area contributed by atoms with Crippen molar-refractivity contribution in [3.05, 3.63) is 87.0 Å². The highest BCUT2D eigenvalue weighted by Crippen LogP contribution is 2.39. The predicted octanol–water partition coefficient (Wildman–Crippen LogP) is 7.35. The fourth-order valence-corrected chi connectivity index (χ4v) is 5.74. The number of non-ortho nitro benzene ring substituents is 1. The number of nitro groups is 1. The molecule has 1 aliphatic heterocycles. The van der Waals surface area contributed by atoms with Gasteiger partial charge in [-0.2, -0.15) is 0 Å². The lowest BCUT2D eigenvalue weighted by molar-refractivity contribution is -0.384. The standard InChI is InChI=1S/C28H27N3O4S/c1-2-19-8-6-7-11-24(19)29-28-30(21-9-4-3-5-10-21)27(32)26(36-28)18-23-16-17-25(35-23)20-12-14-22(15-13-20)31(33)34/h6-8,11-18,21H,2-5,9-10H2,1H3/b26-18+,29-28?. The van der Waals surface area contributed by atoms with E-state index >= 15 is 0 Å². The number of furan rings is 1. The van der Waals surface area contributed by atoms with Gasteiger partial charge in [0, 0.05) is 29.8 Å². The first kappa shape index (κ1) is 24.1. The van der Waals surface area contributed by atoms with Crippen molar-refractivity contribution in [2.75, 3.05) is 0 Å². The van der Waals surface area contributed by atoms with Gasteiger partial charge in [0.1, 0.15) is 11.5 Å². The van der Waals surface area contributed by atoms with Crippen molar-refractivity contribution in [1.29, 1.82) is 0 Å². The Morgan fingerprint density at radius 3 is 2.56 bits per heavy atom. The summed E-state index contributed by atoms with van der Waals surface area (Å²) in [5.74, 6) is 1.10. The van der Waals surface area contributed by atoms with E-state index in [-0.39, 0.29) is 17.6 Å². The van der Waals surface area contributed by atoms with E-state index in [0.29, 0.717) is 16.4 Å². The molecule has 1 aromatic heterocycles. The minimum absolute atomic E-state index is 0.0277. The summed E-state index contributed by atoms with van der Waals surface area (Å²) in [5, 5.41) is 11.6. The lowest BCUT2D eigenvalue weighted by Crippen LogP contribution is -2.40. The predicted molar refractivity (Wildman–Crippen MR) is 143 cm³/mol. The van der Waals surface area contributed by atoms with Crippen molar-refractivity contribution in [1.82, 2.24) is 4.90 Å². The molecular weight excluding hydrogens is 474 g/mol. The van der Waals surface area contributed by atoms with Crippen LogP contribution < -0.4 is 0 Å². The summed E-state index contributed by atoms with van der Waals surface area (Å²) in [6.07, 6.45) is 8.05. The van der Waals surface area contributed by atoms with Gasteiger partial charge in [-0.15, -0.1) is 0 Å². The van der Waals surface area contributed by atoms with Crippen LogP contribution in [0.25, 0.3) is 17.4 Å². The number of thioether (sulfide) groups is 1. The average molecular weight is 502 g/mol. The summed E-state index contributed by atoms with van der Waals surface area (Å²) in [6.45, 7) is 2.11. The first-order chi connectivity index (χ1) is 17.5. The van der Waals surface area contributed by atoms with Gasteiger partial charge in [0.25, 0.3) is 11.6 Å². The average Bonchev–Trinajstić information content (AvgIpc) is 3.49. The molecule has 0 spiro atoms. The van der Waals surface area contributed by atoms with Gasteiger partial charge in [0.05, 0.1) is 15.5 Å². The molecule has 0 unspecified atom stereocenters. The van der Waals surface area contributed by atoms with Gasteiger partial charge in [0.15, 0.2) is 5.17 Å². The molecule has 2 aliphatic rings. The van der Waals surface area contributed by atoms with E-state index in [1.807, 2.05) is 35.2 Å². The van der Waals surface area contributed by atoms with Crippen LogP contribution in [0.3, 0.4) is 0 Å². The smallest absolute Gasteiger partial charge is 0.269 e. The van der Waals surface area contributed by atoms with Crippen LogP contribution in [0, 0.1) is 10.1 Å². The molecule has 0 bridgehead atoms. The maximum Gasteiger partial charge on any atom is 0.269 e. The van der Waals surface area contributed by atoms with E-state index < -0.39 is 4.92 Å². The van der Waals surface area contributed by atoms with Crippen LogP contribution in [0.1, 0.15) is 50.4 Å². The summed E-state index contributed by atoms with van der Waals surface area (Å²) < 4.78 is 5.98. The van der Waals surface area contributed by atoms with Gasteiger partial charge in [-0.1, -0.05) is 44.4 Å². The zero-order chi connectivity index (χ0) is 25.1. The number of hydrogen-bond donors (Lipinski definition) is 0. The zero-order valence-electron chi connectivity index (χ0n) is 20.1. The molecule has 8 heteroatoms. The van der Waals surface area contributed by atoms with E-state index in [1.165, 1.54) is 30.3 Å². The molecule has 0 N–H and O–H groups in total. The number of amidine groups is 1. The highest BCUT2D eigenvalue weighted by atomic mass is 32.2. The summed E-state index contributed by atoms with van der Waals surface area (Å²) in [4.78, 5) is 31.5. The van der Waals surface area contributed by atoms with Crippen LogP contribution in [-0.2, 0) is 11.2 Å². The summed E-state index contributed by atoms with van der Waals surface area (Å²) in [5.41, 5.74) is 2.81. The Kier molecular flexibility index (Phi) is 7.04. The lowest BCUT2D eigenvalue weighted by atomic mass is 9.94. The van der Waals surface area contributed by atoms with Gasteiger partial charge < -0.3 is 4.42 Å². The third-order valence-electron chi connectivity index (χ3n) is 6.63. The number of carbonyl (C=O) groups is 1. The van der Waals surface area contributed by atoms with Crippen molar-refractivity contribution in [3.63, 3.8) is 0 Å². The van der Waals surface area contributed by atoms with Crippen LogP contribution in [0.15, 0.2) is 75.0 Å². The Labute approximate surface area is 214 Å². The number of nitro benzene ring substituents is 1. The third-order valence-corrected chi connectivity index (χ3v) is 7.61. The van der Waals surface area contributed by atoms with Gasteiger partial charge in [-0.05, 0) is 66.9 Å². The molecule has 184 valence electrons. The highest BCUT2D eigenvalue weighted by molar-refractivity contribution is 8.18. The van der Waals surface area contributed by atoms with Gasteiger partial charge in [-0.25, -0.2) is 4.99 Å². The number of aryl methyl sites for hydroxylation is 1. The van der Waals surface area contributed by atoms with E-state index in [4.69, 9.17) is 9.41 Å². The molecule has 0 atom stereocenters. The molecule has 0 radical (unpaired) electrons. The molecule has 7 nitrogen and oxygen atoms in total. The Morgan fingerprint density at radius 2 is 1.83 bits per heavy atom. The van der Waals surface area contributed by atoms with E-state index in [2.05, 4.69) is 13.0 Å². The molecule has 2 heterocycles. The lowest BCUT2D eigenvalue weighted by Gasteiger charge is -2.30. The van der Waals surface area contributed by atoms with Crippen LogP contribution in [-0.4, -0.2) is 26.9 Å². The Balaban J connectivity index is 1.45. The van der Waals surface area contributed by atoms with E-state index in [1.54, 1.807) is 18.2 Å². The quantitative estimate of drug-likeness (QED) is 0.200. The summed E-state index contributed by atoms with van der Waals surface area (Å²) in [6, 6.07) is 18.1. The number of nitrogens with zero attached hydrogens (tertiary/aromatic N) is 3. The molecule has 2 aromatic carbocycles. The molecule has 1 saturated heterocycles.